The van der Waals surface area contributed by atoms with Crippen LogP contribution in [0.15, 0.2) is 24.8 Å². The van der Waals surface area contributed by atoms with Crippen molar-refractivity contribution in [2.45, 2.75) is 89.1 Å². The summed E-state index contributed by atoms with van der Waals surface area (Å²) in [6, 6.07) is 3.71. The molecular formula is C23H33F2N. The maximum absolute atomic E-state index is 15.0. The average Bonchev–Trinajstić information content (AvgIpc) is 2.54. The van der Waals surface area contributed by atoms with E-state index in [0.29, 0.717) is 17.0 Å². The molecule has 2 aliphatic rings. The van der Waals surface area contributed by atoms with Crippen LogP contribution in [0, 0.1) is 17.6 Å². The Hall–Kier alpha value is -1.22. The molecule has 0 radical (unpaired) electrons. The third-order valence-electron chi connectivity index (χ3n) is 6.32. The van der Waals surface area contributed by atoms with Crippen LogP contribution < -0.4 is 5.32 Å². The molecule has 1 heterocycles. The second-order valence-electron chi connectivity index (χ2n) is 9.72. The highest BCUT2D eigenvalue weighted by atomic mass is 19.2. The molecule has 0 aromatic heterocycles. The summed E-state index contributed by atoms with van der Waals surface area (Å²) in [5, 5.41) is 3.61. The molecule has 1 aliphatic carbocycles. The molecule has 0 unspecified atom stereocenters. The van der Waals surface area contributed by atoms with Crippen LogP contribution in [0.3, 0.4) is 0 Å². The predicted molar refractivity (Wildman–Crippen MR) is 105 cm³/mol. The van der Waals surface area contributed by atoms with Crippen molar-refractivity contribution in [3.05, 3.63) is 47.5 Å². The number of benzene rings is 1. The van der Waals surface area contributed by atoms with Gasteiger partial charge in [0.1, 0.15) is 0 Å². The third-order valence-corrected chi connectivity index (χ3v) is 6.32. The second kappa shape index (κ2) is 7.07. The molecule has 1 aromatic carbocycles. The number of hydrogen-bond acceptors (Lipinski definition) is 1. The maximum atomic E-state index is 15.0. The van der Waals surface area contributed by atoms with E-state index in [1.54, 1.807) is 0 Å². The van der Waals surface area contributed by atoms with Gasteiger partial charge in [-0.1, -0.05) is 18.2 Å². The van der Waals surface area contributed by atoms with Crippen molar-refractivity contribution >= 4 is 0 Å². The molecule has 0 spiro atoms. The van der Waals surface area contributed by atoms with Gasteiger partial charge in [0.15, 0.2) is 11.6 Å². The topological polar surface area (TPSA) is 12.0 Å². The summed E-state index contributed by atoms with van der Waals surface area (Å²) < 4.78 is 30.0. The van der Waals surface area contributed by atoms with Crippen LogP contribution >= 0.6 is 0 Å². The SMILES string of the molecule is C=CC1CCC(c2ccc(C3CC(C)(C)NC(C)(C)C3)c(F)c2F)CC1. The summed E-state index contributed by atoms with van der Waals surface area (Å²) in [7, 11) is 0. The van der Waals surface area contributed by atoms with Crippen LogP contribution in [0.2, 0.25) is 0 Å². The summed E-state index contributed by atoms with van der Waals surface area (Å²) >= 11 is 0. The van der Waals surface area contributed by atoms with Crippen molar-refractivity contribution in [3.8, 4) is 0 Å². The summed E-state index contributed by atoms with van der Waals surface area (Å²) in [5.74, 6) is -0.528. The van der Waals surface area contributed by atoms with E-state index in [4.69, 9.17) is 0 Å². The Kier molecular flexibility index (Phi) is 5.31. The standard InChI is InChI=1S/C23H33F2N/c1-6-15-7-9-16(10-8-15)18-11-12-19(21(25)20(18)24)17-13-22(2,3)26-23(4,5)14-17/h6,11-12,15-17,26H,1,7-10,13-14H2,2-5H3. The van der Waals surface area contributed by atoms with Crippen LogP contribution in [-0.4, -0.2) is 11.1 Å². The lowest BCUT2D eigenvalue weighted by atomic mass is 9.72. The van der Waals surface area contributed by atoms with Gasteiger partial charge in [-0.15, -0.1) is 6.58 Å². The van der Waals surface area contributed by atoms with Gasteiger partial charge in [-0.3, -0.25) is 0 Å². The van der Waals surface area contributed by atoms with Gasteiger partial charge in [0, 0.05) is 11.1 Å². The predicted octanol–water partition coefficient (Wildman–Crippen LogP) is 6.45. The van der Waals surface area contributed by atoms with Gasteiger partial charge >= 0.3 is 0 Å². The van der Waals surface area contributed by atoms with Crippen LogP contribution in [0.5, 0.6) is 0 Å². The average molecular weight is 362 g/mol. The molecule has 144 valence electrons. The van der Waals surface area contributed by atoms with Crippen LogP contribution in [0.25, 0.3) is 0 Å². The minimum atomic E-state index is -0.619. The number of piperidine rings is 1. The van der Waals surface area contributed by atoms with E-state index >= 15 is 4.39 Å². The fourth-order valence-corrected chi connectivity index (χ4v) is 5.42. The minimum Gasteiger partial charge on any atom is -0.307 e. The first-order chi connectivity index (χ1) is 12.1. The summed E-state index contributed by atoms with van der Waals surface area (Å²) in [4.78, 5) is 0. The Morgan fingerprint density at radius 1 is 0.885 bits per heavy atom. The number of allylic oxidation sites excluding steroid dienone is 1. The van der Waals surface area contributed by atoms with Gasteiger partial charge < -0.3 is 5.32 Å². The van der Waals surface area contributed by atoms with E-state index in [1.165, 1.54) is 0 Å². The zero-order chi connectivity index (χ0) is 19.1. The minimum absolute atomic E-state index is 0.0429. The summed E-state index contributed by atoms with van der Waals surface area (Å²) in [6.07, 6.45) is 7.50. The van der Waals surface area contributed by atoms with Gasteiger partial charge in [-0.2, -0.15) is 0 Å². The molecule has 1 N–H and O–H groups in total. The van der Waals surface area contributed by atoms with E-state index in [0.717, 1.165) is 38.5 Å². The molecule has 26 heavy (non-hydrogen) atoms. The first-order valence-electron chi connectivity index (χ1n) is 10.0. The molecule has 1 nitrogen and oxygen atoms in total. The normalized spacial score (nSPS) is 28.7. The Morgan fingerprint density at radius 3 is 1.81 bits per heavy atom. The monoisotopic (exact) mass is 361 g/mol. The van der Waals surface area contributed by atoms with Crippen LogP contribution in [0.1, 0.15) is 89.2 Å². The lowest BCUT2D eigenvalue weighted by Crippen LogP contribution is -2.57. The number of nitrogens with one attached hydrogen (secondary N) is 1. The van der Waals surface area contributed by atoms with Crippen molar-refractivity contribution in [1.29, 1.82) is 0 Å². The first kappa shape index (κ1) is 19.5. The Balaban J connectivity index is 1.85. The highest BCUT2D eigenvalue weighted by molar-refractivity contribution is 5.33. The summed E-state index contributed by atoms with van der Waals surface area (Å²) in [5.41, 5.74) is 0.948. The lowest BCUT2D eigenvalue weighted by molar-refractivity contribution is 0.159. The highest BCUT2D eigenvalue weighted by Gasteiger charge is 2.39. The summed E-state index contributed by atoms with van der Waals surface area (Å²) in [6.45, 7) is 12.4. The smallest absolute Gasteiger partial charge is 0.162 e. The van der Waals surface area contributed by atoms with E-state index in [9.17, 15) is 4.39 Å². The van der Waals surface area contributed by atoms with Crippen molar-refractivity contribution in [3.63, 3.8) is 0 Å². The van der Waals surface area contributed by atoms with Gasteiger partial charge in [-0.25, -0.2) is 8.78 Å². The van der Waals surface area contributed by atoms with Gasteiger partial charge in [0.2, 0.25) is 0 Å². The second-order valence-corrected chi connectivity index (χ2v) is 9.72. The van der Waals surface area contributed by atoms with Gasteiger partial charge in [-0.05, 0) is 95.1 Å². The van der Waals surface area contributed by atoms with Crippen LogP contribution in [-0.2, 0) is 0 Å². The van der Waals surface area contributed by atoms with E-state index in [1.807, 2.05) is 18.2 Å². The van der Waals surface area contributed by atoms with Crippen molar-refractivity contribution in [2.24, 2.45) is 5.92 Å². The number of halogens is 2. The fraction of sp³-hybridized carbons (Fsp3) is 0.652. The van der Waals surface area contributed by atoms with Gasteiger partial charge in [0.25, 0.3) is 0 Å². The quantitative estimate of drug-likeness (QED) is 0.610. The van der Waals surface area contributed by atoms with Crippen LogP contribution in [0.4, 0.5) is 8.78 Å². The Bertz CT molecular complexity index is 653. The van der Waals surface area contributed by atoms with E-state index < -0.39 is 11.6 Å². The van der Waals surface area contributed by atoms with Crippen molar-refractivity contribution in [2.75, 3.05) is 0 Å². The number of rotatable bonds is 3. The molecule has 0 atom stereocenters. The molecule has 1 aromatic rings. The molecule has 1 aliphatic heterocycles. The molecule has 3 heteroatoms. The third kappa shape index (κ3) is 4.03. The largest absolute Gasteiger partial charge is 0.307 e. The Labute approximate surface area is 157 Å². The van der Waals surface area contributed by atoms with E-state index in [2.05, 4.69) is 39.6 Å². The zero-order valence-corrected chi connectivity index (χ0v) is 16.7. The molecular weight excluding hydrogens is 328 g/mol. The highest BCUT2D eigenvalue weighted by Crippen LogP contribution is 2.43. The molecule has 2 fully saturated rings. The molecule has 1 saturated heterocycles. The molecule has 0 amide bonds. The Morgan fingerprint density at radius 2 is 1.35 bits per heavy atom. The van der Waals surface area contributed by atoms with E-state index in [-0.39, 0.29) is 22.9 Å². The van der Waals surface area contributed by atoms with Crippen molar-refractivity contribution in [1.82, 2.24) is 5.32 Å². The van der Waals surface area contributed by atoms with Gasteiger partial charge in [0.05, 0.1) is 0 Å². The fourth-order valence-electron chi connectivity index (χ4n) is 5.42. The molecule has 3 rings (SSSR count). The number of hydrogen-bond donors (Lipinski definition) is 1. The van der Waals surface area contributed by atoms with Crippen molar-refractivity contribution < 1.29 is 8.78 Å². The first-order valence-corrected chi connectivity index (χ1v) is 10.0. The maximum Gasteiger partial charge on any atom is 0.162 e. The molecule has 0 bridgehead atoms. The molecule has 1 saturated carbocycles. The lowest BCUT2D eigenvalue weighted by Gasteiger charge is -2.46. The zero-order valence-electron chi connectivity index (χ0n) is 16.7.